The van der Waals surface area contributed by atoms with Crippen LogP contribution >= 0.6 is 11.8 Å². The van der Waals surface area contributed by atoms with E-state index in [2.05, 4.69) is 36.9 Å². The Labute approximate surface area is 499 Å². The second kappa shape index (κ2) is 29.1. The topological polar surface area (TPSA) is 354 Å². The van der Waals surface area contributed by atoms with E-state index in [1.165, 1.54) is 30.3 Å². The lowest BCUT2D eigenvalue weighted by molar-refractivity contribution is -0.300. The number of hydrogen-bond donors (Lipinski definition) is 11. The number of rotatable bonds is 30. The molecule has 27 heteroatoms. The fourth-order valence-corrected chi connectivity index (χ4v) is 12.6. The zero-order valence-corrected chi connectivity index (χ0v) is 47.9. The second-order valence-corrected chi connectivity index (χ2v) is 22.6. The van der Waals surface area contributed by atoms with Crippen molar-refractivity contribution in [1.29, 1.82) is 0 Å². The second-order valence-electron chi connectivity index (χ2n) is 21.3. The number of benzene rings is 4. The molecule has 9 atom stereocenters. The van der Waals surface area contributed by atoms with Crippen molar-refractivity contribution < 1.29 is 87.7 Å². The molecule has 5 aromatic rings. The number of nitrogens with one attached hydrogen (secondary N) is 5. The summed E-state index contributed by atoms with van der Waals surface area (Å²) in [4.78, 5) is 54.4. The summed E-state index contributed by atoms with van der Waals surface area (Å²) in [6.45, 7) is 2.61. The number of nitrogens with zero attached hydrogens (tertiary/aromatic N) is 3. The Morgan fingerprint density at radius 3 is 2.24 bits per heavy atom. The highest BCUT2D eigenvalue weighted by molar-refractivity contribution is 8.00. The van der Waals surface area contributed by atoms with Crippen LogP contribution in [0, 0.1) is 0 Å². The van der Waals surface area contributed by atoms with E-state index < -0.39 is 73.3 Å². The van der Waals surface area contributed by atoms with Crippen LogP contribution < -0.4 is 36.1 Å². The van der Waals surface area contributed by atoms with Gasteiger partial charge < -0.3 is 84.5 Å². The molecule has 86 heavy (non-hydrogen) atoms. The van der Waals surface area contributed by atoms with E-state index in [1.807, 2.05) is 36.0 Å². The van der Waals surface area contributed by atoms with Crippen molar-refractivity contribution >= 4 is 41.1 Å². The third kappa shape index (κ3) is 15.0. The molecule has 6 heterocycles. The number of carbonyl (C=O) groups is 4. The average Bonchev–Trinajstić information content (AvgIpc) is 1.45. The van der Waals surface area contributed by atoms with Crippen LogP contribution in [0.5, 0.6) is 28.7 Å². The molecule has 26 nitrogen and oxygen atoms in total. The molecule has 0 saturated carbocycles. The normalized spacial score (nSPS) is 22.7. The van der Waals surface area contributed by atoms with Gasteiger partial charge in [-0.15, -0.1) is 5.10 Å². The summed E-state index contributed by atoms with van der Waals surface area (Å²) in [5.41, 5.74) is 1.62. The van der Waals surface area contributed by atoms with Crippen molar-refractivity contribution in [3.8, 4) is 28.7 Å². The van der Waals surface area contributed by atoms with Gasteiger partial charge in [0.25, 0.3) is 0 Å². The summed E-state index contributed by atoms with van der Waals surface area (Å²) in [5.74, 6) is -0.227. The quantitative estimate of drug-likeness (QED) is 0.0226. The number of unbranched alkanes of at least 4 members (excludes halogenated alkanes) is 1. The van der Waals surface area contributed by atoms with Crippen molar-refractivity contribution in [1.82, 2.24) is 36.3 Å². The first kappa shape index (κ1) is 62.1. The molecule has 10 rings (SSSR count). The highest BCUT2D eigenvalue weighted by Crippen LogP contribution is 2.57. The maximum absolute atomic E-state index is 13.9. The molecular formula is C59H72N8O18S. The van der Waals surface area contributed by atoms with Crippen LogP contribution in [0.15, 0.2) is 85.1 Å². The van der Waals surface area contributed by atoms with Crippen LogP contribution in [0.2, 0.25) is 0 Å². The van der Waals surface area contributed by atoms with Gasteiger partial charge in [-0.25, -0.2) is 9.48 Å². The van der Waals surface area contributed by atoms with Crippen molar-refractivity contribution in [3.05, 3.63) is 119 Å². The summed E-state index contributed by atoms with van der Waals surface area (Å²) in [7, 11) is 0. The lowest BCUT2D eigenvalue weighted by Gasteiger charge is -2.39. The lowest BCUT2D eigenvalue weighted by atomic mass is 9.77. The number of thioether (sulfide) groups is 1. The van der Waals surface area contributed by atoms with Gasteiger partial charge in [0.15, 0.2) is 11.9 Å². The predicted octanol–water partition coefficient (Wildman–Crippen LogP) is 1.09. The van der Waals surface area contributed by atoms with Crippen molar-refractivity contribution in [2.45, 2.75) is 105 Å². The van der Waals surface area contributed by atoms with Crippen LogP contribution in [0.25, 0.3) is 0 Å². The number of phenolic OH excluding ortho intramolecular Hbond substituents is 2. The number of esters is 1. The van der Waals surface area contributed by atoms with E-state index in [-0.39, 0.29) is 59.6 Å². The van der Waals surface area contributed by atoms with Crippen molar-refractivity contribution in [2.75, 3.05) is 83.7 Å². The first-order valence-electron chi connectivity index (χ1n) is 28.7. The molecule has 1 spiro atoms. The molecular weight excluding hydrogens is 1140 g/mol. The number of ether oxygens (including phenoxy) is 8. The number of anilines is 1. The van der Waals surface area contributed by atoms with E-state index in [9.17, 15) is 49.8 Å². The van der Waals surface area contributed by atoms with Gasteiger partial charge in [-0.2, -0.15) is 11.8 Å². The molecule has 3 fully saturated rings. The van der Waals surface area contributed by atoms with Gasteiger partial charge >= 0.3 is 5.97 Å². The van der Waals surface area contributed by atoms with Crippen LogP contribution in [0.3, 0.4) is 0 Å². The summed E-state index contributed by atoms with van der Waals surface area (Å²) < 4.78 is 47.4. The monoisotopic (exact) mass is 1210 g/mol. The molecule has 0 unspecified atom stereocenters. The van der Waals surface area contributed by atoms with Gasteiger partial charge in [-0.1, -0.05) is 29.8 Å². The number of aliphatic hydroxyl groups excluding tert-OH is 4. The largest absolute Gasteiger partial charge is 0.508 e. The molecule has 1 aromatic heterocycles. The van der Waals surface area contributed by atoms with Crippen molar-refractivity contribution in [3.63, 3.8) is 0 Å². The zero-order valence-electron chi connectivity index (χ0n) is 47.0. The zero-order chi connectivity index (χ0) is 60.2. The Bertz CT molecular complexity index is 3080. The summed E-state index contributed by atoms with van der Waals surface area (Å²) in [6.07, 6.45) is -1.85. The lowest BCUT2D eigenvalue weighted by Crippen LogP contribution is -2.59. The Balaban J connectivity index is 0.640. The minimum absolute atomic E-state index is 0.0153. The highest BCUT2D eigenvalue weighted by atomic mass is 32.2. The van der Waals surface area contributed by atoms with Gasteiger partial charge in [-0.05, 0) is 73.4 Å². The van der Waals surface area contributed by atoms with Crippen LogP contribution in [-0.2, 0) is 67.8 Å². The number of fused-ring (bicyclic) bond motifs is 7. The van der Waals surface area contributed by atoms with Crippen LogP contribution in [0.4, 0.5) is 5.69 Å². The fourth-order valence-electron chi connectivity index (χ4n) is 11.0. The van der Waals surface area contributed by atoms with Crippen LogP contribution in [-0.4, -0.2) is 202 Å². The first-order chi connectivity index (χ1) is 41.8. The number of aromatic hydroxyl groups is 2. The molecule has 5 aliphatic rings. The molecule has 5 aliphatic heterocycles. The van der Waals surface area contributed by atoms with Gasteiger partial charge in [-0.3, -0.25) is 25.0 Å². The predicted molar refractivity (Wildman–Crippen MR) is 307 cm³/mol. The number of carbonyl (C=O) groups excluding carboxylic acids is 4. The van der Waals surface area contributed by atoms with E-state index >= 15 is 0 Å². The fraction of sp³-hybridized carbons (Fsp3) is 0.492. The summed E-state index contributed by atoms with van der Waals surface area (Å²) in [6, 6.07) is 20.7. The SMILES string of the molecule is O=C(CNC(=O)[C@H](Cc1cn(CCOCCOCCOCCOc2ccc(CCO[C@@H]3O[C@H](CO)[C@@H](O)[C@H](O)[C@H]3O)cc2)nn1)NC(=O)CCCC[C@@H]1SC[C@@H]2NCN[C@@H]21)Nc1ccc2c(c1)C(=O)OC21c2ccc(O)cc2Oc2cc(O)ccc21. The highest BCUT2D eigenvalue weighted by Gasteiger charge is 2.54. The van der Waals surface area contributed by atoms with Crippen LogP contribution in [0.1, 0.15) is 64.0 Å². The Hall–Kier alpha value is -6.99. The number of hydrogen-bond acceptors (Lipinski definition) is 23. The maximum Gasteiger partial charge on any atom is 0.340 e. The molecule has 0 radical (unpaired) electrons. The number of aromatic nitrogens is 3. The van der Waals surface area contributed by atoms with E-state index in [0.717, 1.165) is 30.8 Å². The molecule has 462 valence electrons. The molecule has 0 bridgehead atoms. The van der Waals surface area contributed by atoms with Gasteiger partial charge in [0, 0.05) is 83.3 Å². The number of phenols is 2. The van der Waals surface area contributed by atoms with Gasteiger partial charge in [0.2, 0.25) is 17.7 Å². The molecule has 3 saturated heterocycles. The Morgan fingerprint density at radius 2 is 1.51 bits per heavy atom. The van der Waals surface area contributed by atoms with Gasteiger partial charge in [0.1, 0.15) is 65.8 Å². The number of aliphatic hydroxyl groups is 4. The minimum Gasteiger partial charge on any atom is -0.508 e. The van der Waals surface area contributed by atoms with Crippen molar-refractivity contribution in [2.24, 2.45) is 0 Å². The maximum atomic E-state index is 13.9. The van der Waals surface area contributed by atoms with E-state index in [4.69, 9.17) is 37.9 Å². The first-order valence-corrected chi connectivity index (χ1v) is 29.7. The average molecular weight is 1210 g/mol. The third-order valence-corrected chi connectivity index (χ3v) is 17.0. The summed E-state index contributed by atoms with van der Waals surface area (Å²) in [5, 5.41) is 84.1. The van der Waals surface area contributed by atoms with Gasteiger partial charge in [0.05, 0.1) is 77.2 Å². The summed E-state index contributed by atoms with van der Waals surface area (Å²) >= 11 is 1.94. The van der Waals surface area contributed by atoms with E-state index in [0.29, 0.717) is 111 Å². The number of amides is 3. The Morgan fingerprint density at radius 1 is 0.802 bits per heavy atom. The minimum atomic E-state index is -1.50. The molecule has 0 aliphatic carbocycles. The van der Waals surface area contributed by atoms with E-state index in [1.54, 1.807) is 35.1 Å². The standard InChI is InChI=1S/C59H72N8O18S/c68-31-48-53(73)54(74)55(75)58(84-48)82-17-15-34-5-10-39(11-6-34)81-24-23-80-22-21-79-20-19-78-18-16-67-30-36(65-66-67)26-44(64-50(71)4-2-1-3-49-52-45(32-86-49)61-33-62-52)56(76)60-29-51(72)63-35-7-12-41-40(25-35)57(77)85-59(41)42-13-8-37(69)27-46(42)83-47-28-38(70)9-14-43(47)59/h5-14,25,27-28,30,44-45,48-49,52-55,58,61-62,68-70,73-75H,1-4,15-24,26,29,31-33H2,(H,60,76)(H,63,72)(H,64,71)/t44-,45-,48+,49-,52-,53+,54-,55+,58+/m0/s1. The molecule has 11 N–H and O–H groups in total. The smallest absolute Gasteiger partial charge is 0.340 e. The Kier molecular flexibility index (Phi) is 21.0. The third-order valence-electron chi connectivity index (χ3n) is 15.4. The molecule has 4 aromatic carbocycles. The molecule has 3 amide bonds.